The van der Waals surface area contributed by atoms with Crippen LogP contribution in [0.4, 0.5) is 0 Å². The summed E-state index contributed by atoms with van der Waals surface area (Å²) in [5.41, 5.74) is 6.21. The number of amides is 1. The molecule has 1 aromatic rings. The van der Waals surface area contributed by atoms with Crippen LogP contribution in [0.5, 0.6) is 0 Å². The van der Waals surface area contributed by atoms with E-state index in [0.29, 0.717) is 0 Å². The molecule has 15 heavy (non-hydrogen) atoms. The Bertz CT molecular complexity index is 316. The van der Waals surface area contributed by atoms with E-state index in [1.165, 1.54) is 11.8 Å². The Hall–Kier alpha value is -1.00. The van der Waals surface area contributed by atoms with Gasteiger partial charge in [-0.15, -0.1) is 11.8 Å². The van der Waals surface area contributed by atoms with E-state index < -0.39 is 0 Å². The number of rotatable bonds is 5. The molecule has 0 fully saturated rings. The van der Waals surface area contributed by atoms with Gasteiger partial charge in [-0.2, -0.15) is 0 Å². The maximum Gasteiger partial charge on any atom is 0.235 e. The minimum Gasteiger partial charge on any atom is -0.395 e. The van der Waals surface area contributed by atoms with Crippen molar-refractivity contribution in [3.8, 4) is 0 Å². The maximum atomic E-state index is 11.3. The molecule has 1 rings (SSSR count). The number of thioether (sulfide) groups is 1. The predicted molar refractivity (Wildman–Crippen MR) is 62.5 cm³/mol. The van der Waals surface area contributed by atoms with Gasteiger partial charge in [-0.05, 0) is 5.56 Å². The summed E-state index contributed by atoms with van der Waals surface area (Å²) in [4.78, 5) is 11.3. The lowest BCUT2D eigenvalue weighted by atomic mass is 10.1. The summed E-state index contributed by atoms with van der Waals surface area (Å²) in [6.45, 7) is 1.91. The molecule has 0 saturated carbocycles. The fourth-order valence-electron chi connectivity index (χ4n) is 1.21. The minimum atomic E-state index is -0.381. The molecule has 0 aliphatic carbocycles. The average molecular weight is 225 g/mol. The van der Waals surface area contributed by atoms with E-state index in [0.717, 1.165) is 5.56 Å². The van der Waals surface area contributed by atoms with E-state index in [1.807, 2.05) is 37.3 Å². The smallest absolute Gasteiger partial charge is 0.235 e. The van der Waals surface area contributed by atoms with Gasteiger partial charge in [-0.1, -0.05) is 37.3 Å². The maximum absolute atomic E-state index is 11.3. The fraction of sp³-hybridized carbons (Fsp3) is 0.364. The number of primary amides is 1. The Labute approximate surface area is 93.7 Å². The Balaban J connectivity index is 2.80. The second kappa shape index (κ2) is 5.78. The number of hydrogen-bond acceptors (Lipinski definition) is 3. The van der Waals surface area contributed by atoms with Crippen molar-refractivity contribution < 1.29 is 9.90 Å². The number of nitrogens with two attached hydrogens (primary N) is 1. The molecule has 0 bridgehead atoms. The van der Waals surface area contributed by atoms with Crippen LogP contribution in [0.3, 0.4) is 0 Å². The minimum absolute atomic E-state index is 0.00251. The SMILES string of the molecule is CC(CO)SC(C(N)=O)c1ccccc1. The molecular formula is C11H15NO2S. The highest BCUT2D eigenvalue weighted by Gasteiger charge is 2.20. The number of carbonyl (C=O) groups is 1. The van der Waals surface area contributed by atoms with Crippen LogP contribution >= 0.6 is 11.8 Å². The molecule has 1 amide bonds. The Morgan fingerprint density at radius 3 is 2.53 bits per heavy atom. The van der Waals surface area contributed by atoms with E-state index >= 15 is 0 Å². The first kappa shape index (κ1) is 12.1. The largest absolute Gasteiger partial charge is 0.395 e. The first-order chi connectivity index (χ1) is 7.15. The first-order valence-corrected chi connectivity index (χ1v) is 5.70. The highest BCUT2D eigenvalue weighted by Crippen LogP contribution is 2.31. The zero-order valence-corrected chi connectivity index (χ0v) is 9.41. The molecule has 0 aliphatic heterocycles. The van der Waals surface area contributed by atoms with Crippen molar-refractivity contribution in [1.82, 2.24) is 0 Å². The molecule has 0 spiro atoms. The van der Waals surface area contributed by atoms with Crippen LogP contribution in [0.1, 0.15) is 17.7 Å². The third-order valence-corrected chi connectivity index (χ3v) is 3.38. The topological polar surface area (TPSA) is 63.3 Å². The van der Waals surface area contributed by atoms with Gasteiger partial charge >= 0.3 is 0 Å². The van der Waals surface area contributed by atoms with Gasteiger partial charge in [0, 0.05) is 5.25 Å². The van der Waals surface area contributed by atoms with E-state index in [-0.39, 0.29) is 23.0 Å². The number of hydrogen-bond donors (Lipinski definition) is 2. The predicted octanol–water partition coefficient (Wildman–Crippen LogP) is 1.33. The second-order valence-corrected chi connectivity index (χ2v) is 4.87. The van der Waals surface area contributed by atoms with Crippen molar-refractivity contribution in [2.45, 2.75) is 17.4 Å². The van der Waals surface area contributed by atoms with Crippen molar-refractivity contribution in [2.75, 3.05) is 6.61 Å². The zero-order valence-electron chi connectivity index (χ0n) is 8.59. The standard InChI is InChI=1S/C11H15NO2S/c1-8(7-13)15-10(11(12)14)9-5-3-2-4-6-9/h2-6,8,10,13H,7H2,1H3,(H2,12,14). The highest BCUT2D eigenvalue weighted by molar-refractivity contribution is 8.00. The Morgan fingerprint density at radius 1 is 1.47 bits per heavy atom. The molecule has 1 aromatic carbocycles. The lowest BCUT2D eigenvalue weighted by Crippen LogP contribution is -2.21. The molecule has 2 atom stereocenters. The molecule has 0 radical (unpaired) electrons. The monoisotopic (exact) mass is 225 g/mol. The van der Waals surface area contributed by atoms with Crippen LogP contribution in [0.15, 0.2) is 30.3 Å². The molecule has 3 N–H and O–H groups in total. The van der Waals surface area contributed by atoms with E-state index in [1.54, 1.807) is 0 Å². The fourth-order valence-corrected chi connectivity index (χ4v) is 2.21. The lowest BCUT2D eigenvalue weighted by molar-refractivity contribution is -0.117. The van der Waals surface area contributed by atoms with E-state index in [9.17, 15) is 4.79 Å². The highest BCUT2D eigenvalue weighted by atomic mass is 32.2. The van der Waals surface area contributed by atoms with Crippen LogP contribution in [0, 0.1) is 0 Å². The summed E-state index contributed by atoms with van der Waals surface area (Å²) in [5.74, 6) is -0.369. The molecule has 4 heteroatoms. The van der Waals surface area contributed by atoms with Gasteiger partial charge in [0.2, 0.25) is 5.91 Å². The molecule has 0 heterocycles. The third kappa shape index (κ3) is 3.57. The number of carbonyl (C=O) groups excluding carboxylic acids is 1. The quantitative estimate of drug-likeness (QED) is 0.794. The van der Waals surface area contributed by atoms with Crippen molar-refractivity contribution in [2.24, 2.45) is 5.73 Å². The van der Waals surface area contributed by atoms with Crippen molar-refractivity contribution in [3.63, 3.8) is 0 Å². The van der Waals surface area contributed by atoms with Crippen molar-refractivity contribution in [1.29, 1.82) is 0 Å². The molecule has 82 valence electrons. The number of aliphatic hydroxyl groups is 1. The normalized spacial score (nSPS) is 14.5. The average Bonchev–Trinajstić information content (AvgIpc) is 2.26. The lowest BCUT2D eigenvalue weighted by Gasteiger charge is -2.16. The second-order valence-electron chi connectivity index (χ2n) is 3.32. The molecule has 0 aliphatic rings. The first-order valence-electron chi connectivity index (χ1n) is 4.75. The van der Waals surface area contributed by atoms with Gasteiger partial charge in [-0.25, -0.2) is 0 Å². The van der Waals surface area contributed by atoms with Crippen LogP contribution in [-0.2, 0) is 4.79 Å². The summed E-state index contributed by atoms with van der Waals surface area (Å²) >= 11 is 1.38. The van der Waals surface area contributed by atoms with Crippen LogP contribution < -0.4 is 5.73 Å². The van der Waals surface area contributed by atoms with Gasteiger partial charge < -0.3 is 10.8 Å². The van der Waals surface area contributed by atoms with Crippen molar-refractivity contribution >= 4 is 17.7 Å². The molecule has 2 unspecified atom stereocenters. The van der Waals surface area contributed by atoms with Crippen LogP contribution in [0.25, 0.3) is 0 Å². The van der Waals surface area contributed by atoms with E-state index in [4.69, 9.17) is 10.8 Å². The molecule has 0 aromatic heterocycles. The number of aliphatic hydroxyl groups excluding tert-OH is 1. The third-order valence-electron chi connectivity index (χ3n) is 1.99. The molecule has 0 saturated heterocycles. The van der Waals surface area contributed by atoms with E-state index in [2.05, 4.69) is 0 Å². The van der Waals surface area contributed by atoms with Gasteiger partial charge in [0.25, 0.3) is 0 Å². The molecular weight excluding hydrogens is 210 g/mol. The van der Waals surface area contributed by atoms with Crippen LogP contribution in [0.2, 0.25) is 0 Å². The summed E-state index contributed by atoms with van der Waals surface area (Å²) in [7, 11) is 0. The van der Waals surface area contributed by atoms with Gasteiger partial charge in [0.1, 0.15) is 5.25 Å². The van der Waals surface area contributed by atoms with Crippen molar-refractivity contribution in [3.05, 3.63) is 35.9 Å². The number of benzene rings is 1. The zero-order chi connectivity index (χ0) is 11.3. The van der Waals surface area contributed by atoms with Gasteiger partial charge in [0.15, 0.2) is 0 Å². The van der Waals surface area contributed by atoms with Gasteiger partial charge in [0.05, 0.1) is 6.61 Å². The molecule has 3 nitrogen and oxygen atoms in total. The summed E-state index contributed by atoms with van der Waals surface area (Å²) in [5, 5.41) is 8.56. The summed E-state index contributed by atoms with van der Waals surface area (Å²) in [6.07, 6.45) is 0. The Morgan fingerprint density at radius 2 is 2.07 bits per heavy atom. The summed E-state index contributed by atoms with van der Waals surface area (Å²) < 4.78 is 0. The Kier molecular flexibility index (Phi) is 4.65. The summed E-state index contributed by atoms with van der Waals surface area (Å²) in [6, 6.07) is 9.37. The van der Waals surface area contributed by atoms with Crippen LogP contribution in [-0.4, -0.2) is 22.9 Å². The van der Waals surface area contributed by atoms with Gasteiger partial charge in [-0.3, -0.25) is 4.79 Å².